The topological polar surface area (TPSA) is 26.0 Å². The van der Waals surface area contributed by atoms with Crippen LogP contribution in [0.3, 0.4) is 0 Å². The highest BCUT2D eigenvalue weighted by Gasteiger charge is 2.30. The van der Waals surface area contributed by atoms with Crippen molar-refractivity contribution in [2.24, 2.45) is 7.05 Å². The Kier molecular flexibility index (Phi) is 2.74. The molecule has 1 aromatic heterocycles. The predicted octanol–water partition coefficient (Wildman–Crippen LogP) is 5.45. The van der Waals surface area contributed by atoms with Gasteiger partial charge >= 0.3 is 0 Å². The fourth-order valence-corrected chi connectivity index (χ4v) is 4.40. The quantitative estimate of drug-likeness (QED) is 0.269. The molecule has 0 aliphatic carbocycles. The van der Waals surface area contributed by atoms with Crippen LogP contribution >= 0.6 is 0 Å². The molecule has 0 saturated carbocycles. The van der Waals surface area contributed by atoms with E-state index in [-0.39, 0.29) is 0 Å². The van der Waals surface area contributed by atoms with Crippen LogP contribution in [0.15, 0.2) is 67.0 Å². The molecule has 27 heavy (non-hydrogen) atoms. The van der Waals surface area contributed by atoms with Gasteiger partial charge in [0.1, 0.15) is 11.1 Å². The second-order valence-corrected chi connectivity index (χ2v) is 7.22. The lowest BCUT2D eigenvalue weighted by Gasteiger charge is -2.23. The SMILES string of the molecule is Cc1c2c(cc3ccccc13)Oc1c3ccccc3cc3nc[n+](C)c-2c13. The Labute approximate surface area is 156 Å². The van der Waals surface area contributed by atoms with E-state index < -0.39 is 0 Å². The predicted molar refractivity (Wildman–Crippen MR) is 108 cm³/mol. The highest BCUT2D eigenvalue weighted by molar-refractivity contribution is 6.11. The van der Waals surface area contributed by atoms with E-state index in [9.17, 15) is 0 Å². The molecule has 0 amide bonds. The van der Waals surface area contributed by atoms with Crippen molar-refractivity contribution in [1.29, 1.82) is 0 Å². The standard InChI is InChI=1S/C24H17N2O/c1-14-17-9-5-3-8-16(17)12-20-21(14)23-22-19(25-13-26(23)2)11-15-7-4-6-10-18(15)24(22)27-20/h3-13H,1-2H3/q+1. The van der Waals surface area contributed by atoms with E-state index >= 15 is 0 Å². The molecular formula is C24H17N2O+. The lowest BCUT2D eigenvalue weighted by Crippen LogP contribution is -2.32. The zero-order valence-corrected chi connectivity index (χ0v) is 15.2. The van der Waals surface area contributed by atoms with Gasteiger partial charge in [0, 0.05) is 5.39 Å². The zero-order chi connectivity index (χ0) is 18.1. The van der Waals surface area contributed by atoms with Crippen LogP contribution in [0.1, 0.15) is 5.56 Å². The fourth-order valence-electron chi connectivity index (χ4n) is 4.40. The van der Waals surface area contributed by atoms with E-state index in [4.69, 9.17) is 4.74 Å². The summed E-state index contributed by atoms with van der Waals surface area (Å²) < 4.78 is 8.67. The first-order valence-corrected chi connectivity index (χ1v) is 9.13. The number of hydrogen-bond acceptors (Lipinski definition) is 2. The largest absolute Gasteiger partial charge is 0.455 e. The highest BCUT2D eigenvalue weighted by Crippen LogP contribution is 2.50. The van der Waals surface area contributed by atoms with E-state index in [1.165, 1.54) is 22.0 Å². The molecule has 0 unspecified atom stereocenters. The van der Waals surface area contributed by atoms with Crippen LogP contribution in [-0.4, -0.2) is 4.98 Å². The van der Waals surface area contributed by atoms with Crippen LogP contribution in [0.5, 0.6) is 11.5 Å². The molecular weight excluding hydrogens is 332 g/mol. The summed E-state index contributed by atoms with van der Waals surface area (Å²) >= 11 is 0. The maximum Gasteiger partial charge on any atom is 0.287 e. The molecule has 0 radical (unpaired) electrons. The summed E-state index contributed by atoms with van der Waals surface area (Å²) in [5.41, 5.74) is 4.54. The van der Waals surface area contributed by atoms with Gasteiger partial charge in [-0.3, -0.25) is 0 Å². The van der Waals surface area contributed by atoms with Crippen molar-refractivity contribution >= 4 is 32.4 Å². The van der Waals surface area contributed by atoms with Gasteiger partial charge in [0.2, 0.25) is 0 Å². The maximum absolute atomic E-state index is 6.55. The van der Waals surface area contributed by atoms with Crippen molar-refractivity contribution in [3.63, 3.8) is 0 Å². The summed E-state index contributed by atoms with van der Waals surface area (Å²) in [6, 6.07) is 21.2. The van der Waals surface area contributed by atoms with Gasteiger partial charge in [-0.15, -0.1) is 0 Å². The van der Waals surface area contributed by atoms with E-state index in [1.54, 1.807) is 0 Å². The minimum Gasteiger partial charge on any atom is -0.455 e. The average molecular weight is 349 g/mol. The Morgan fingerprint density at radius 2 is 1.59 bits per heavy atom. The Bertz CT molecular complexity index is 1420. The summed E-state index contributed by atoms with van der Waals surface area (Å²) in [5.74, 6) is 1.82. The molecule has 2 heterocycles. The van der Waals surface area contributed by atoms with Gasteiger partial charge in [-0.25, -0.2) is 4.57 Å². The van der Waals surface area contributed by atoms with E-state index in [0.29, 0.717) is 0 Å². The van der Waals surface area contributed by atoms with Gasteiger partial charge in [-0.05, 0) is 45.8 Å². The van der Waals surface area contributed by atoms with Gasteiger partial charge in [-0.2, -0.15) is 0 Å². The molecule has 0 saturated heterocycles. The minimum absolute atomic E-state index is 0.906. The Balaban J connectivity index is 1.87. The number of hydrogen-bond donors (Lipinski definition) is 0. The van der Waals surface area contributed by atoms with Crippen LogP contribution in [0.4, 0.5) is 0 Å². The molecule has 3 heteroatoms. The van der Waals surface area contributed by atoms with Crippen molar-refractivity contribution in [3.05, 3.63) is 72.6 Å². The highest BCUT2D eigenvalue weighted by atomic mass is 16.5. The molecule has 6 rings (SSSR count). The molecule has 0 fully saturated rings. The van der Waals surface area contributed by atoms with Crippen LogP contribution in [0.2, 0.25) is 0 Å². The third kappa shape index (κ3) is 1.86. The lowest BCUT2D eigenvalue weighted by molar-refractivity contribution is -0.662. The first kappa shape index (κ1) is 14.7. The Morgan fingerprint density at radius 3 is 2.41 bits per heavy atom. The number of aryl methyl sites for hydroxylation is 2. The number of aromatic nitrogens is 2. The maximum atomic E-state index is 6.55. The molecule has 0 spiro atoms. The summed E-state index contributed by atoms with van der Waals surface area (Å²) in [7, 11) is 2.06. The molecule has 0 bridgehead atoms. The van der Waals surface area contributed by atoms with Gasteiger partial charge in [0.05, 0.1) is 12.6 Å². The molecule has 5 aromatic rings. The number of ether oxygens (including phenoxy) is 1. The van der Waals surface area contributed by atoms with Crippen LogP contribution in [0, 0.1) is 6.92 Å². The molecule has 3 nitrogen and oxygen atoms in total. The smallest absolute Gasteiger partial charge is 0.287 e. The van der Waals surface area contributed by atoms with Crippen LogP contribution in [0.25, 0.3) is 43.7 Å². The van der Waals surface area contributed by atoms with Gasteiger partial charge in [-0.1, -0.05) is 48.5 Å². The van der Waals surface area contributed by atoms with Gasteiger partial charge in [0.25, 0.3) is 6.33 Å². The molecule has 0 atom stereocenters. The normalized spacial score (nSPS) is 12.4. The fraction of sp³-hybridized carbons (Fsp3) is 0.0833. The summed E-state index contributed by atoms with van der Waals surface area (Å²) in [5, 5.41) is 5.81. The second-order valence-electron chi connectivity index (χ2n) is 7.22. The average Bonchev–Trinajstić information content (AvgIpc) is 2.70. The first-order chi connectivity index (χ1) is 13.2. The summed E-state index contributed by atoms with van der Waals surface area (Å²) in [4.78, 5) is 4.68. The third-order valence-corrected chi connectivity index (χ3v) is 5.66. The van der Waals surface area contributed by atoms with E-state index in [1.807, 2.05) is 6.33 Å². The Morgan fingerprint density at radius 1 is 0.889 bits per heavy atom. The van der Waals surface area contributed by atoms with Gasteiger partial charge in [0.15, 0.2) is 17.0 Å². The summed E-state index contributed by atoms with van der Waals surface area (Å²) in [6.45, 7) is 2.18. The molecule has 0 N–H and O–H groups in total. The second kappa shape index (κ2) is 5.04. The van der Waals surface area contributed by atoms with Crippen molar-refractivity contribution < 1.29 is 9.30 Å². The van der Waals surface area contributed by atoms with Gasteiger partial charge < -0.3 is 4.74 Å². The minimum atomic E-state index is 0.906. The van der Waals surface area contributed by atoms with Crippen molar-refractivity contribution in [2.75, 3.05) is 0 Å². The van der Waals surface area contributed by atoms with E-state index in [2.05, 4.69) is 84.2 Å². The molecule has 4 aromatic carbocycles. The van der Waals surface area contributed by atoms with Crippen molar-refractivity contribution in [1.82, 2.24) is 4.98 Å². The first-order valence-electron chi connectivity index (χ1n) is 9.13. The van der Waals surface area contributed by atoms with Crippen molar-refractivity contribution in [3.8, 4) is 22.8 Å². The summed E-state index contributed by atoms with van der Waals surface area (Å²) in [6.07, 6.45) is 1.90. The number of benzene rings is 4. The monoisotopic (exact) mass is 349 g/mol. The number of nitrogens with zero attached hydrogens (tertiary/aromatic N) is 2. The third-order valence-electron chi connectivity index (χ3n) is 5.66. The Hall–Kier alpha value is -3.46. The van der Waals surface area contributed by atoms with Crippen molar-refractivity contribution in [2.45, 2.75) is 6.92 Å². The number of rotatable bonds is 0. The van der Waals surface area contributed by atoms with Crippen LogP contribution in [-0.2, 0) is 7.05 Å². The molecule has 1 aliphatic heterocycles. The van der Waals surface area contributed by atoms with Crippen LogP contribution < -0.4 is 9.30 Å². The molecule has 128 valence electrons. The lowest BCUT2D eigenvalue weighted by atomic mass is 9.92. The number of fused-ring (bicyclic) bond motifs is 5. The zero-order valence-electron chi connectivity index (χ0n) is 15.2. The molecule has 1 aliphatic rings. The van der Waals surface area contributed by atoms with E-state index in [0.717, 1.165) is 38.7 Å².